The van der Waals surface area contributed by atoms with E-state index in [0.29, 0.717) is 6.54 Å². The standard InChI is InChI=1S/C13H16BrN3/c1-9-2-4-10(5-3-9)6-7-11-13(14)17-12(8-15)16-11/h2-5H,6-8,15H2,1H3,(H,16,17). The number of benzene rings is 1. The first-order valence-corrected chi connectivity index (χ1v) is 6.47. The fraction of sp³-hybridized carbons (Fsp3) is 0.308. The summed E-state index contributed by atoms with van der Waals surface area (Å²) in [5, 5.41) is 0. The Morgan fingerprint density at radius 2 is 1.94 bits per heavy atom. The van der Waals surface area contributed by atoms with Crippen LogP contribution in [-0.4, -0.2) is 9.97 Å². The van der Waals surface area contributed by atoms with Gasteiger partial charge >= 0.3 is 0 Å². The summed E-state index contributed by atoms with van der Waals surface area (Å²) in [5.74, 6) is 0.829. The van der Waals surface area contributed by atoms with E-state index in [9.17, 15) is 0 Å². The molecule has 0 bridgehead atoms. The van der Waals surface area contributed by atoms with Crippen LogP contribution in [-0.2, 0) is 19.4 Å². The second-order valence-electron chi connectivity index (χ2n) is 4.14. The van der Waals surface area contributed by atoms with Crippen molar-refractivity contribution in [3.8, 4) is 0 Å². The fourth-order valence-electron chi connectivity index (χ4n) is 1.73. The van der Waals surface area contributed by atoms with E-state index in [4.69, 9.17) is 5.73 Å². The molecule has 2 aromatic rings. The van der Waals surface area contributed by atoms with E-state index in [-0.39, 0.29) is 0 Å². The molecule has 4 heteroatoms. The van der Waals surface area contributed by atoms with Gasteiger partial charge in [-0.1, -0.05) is 29.8 Å². The van der Waals surface area contributed by atoms with Gasteiger partial charge in [0.1, 0.15) is 10.4 Å². The third-order valence-corrected chi connectivity index (χ3v) is 3.41. The van der Waals surface area contributed by atoms with Crippen molar-refractivity contribution in [2.75, 3.05) is 0 Å². The van der Waals surface area contributed by atoms with Crippen molar-refractivity contribution in [3.05, 3.63) is 51.5 Å². The number of rotatable bonds is 4. The summed E-state index contributed by atoms with van der Waals surface area (Å²) in [6.45, 7) is 2.55. The molecule has 0 atom stereocenters. The molecule has 0 aliphatic heterocycles. The third kappa shape index (κ3) is 3.17. The predicted octanol–water partition coefficient (Wildman–Crippen LogP) is 2.72. The van der Waals surface area contributed by atoms with E-state index in [0.717, 1.165) is 29.0 Å². The molecular weight excluding hydrogens is 278 g/mol. The minimum absolute atomic E-state index is 0.448. The first-order chi connectivity index (χ1) is 8.19. The summed E-state index contributed by atoms with van der Waals surface area (Å²) >= 11 is 3.45. The lowest BCUT2D eigenvalue weighted by Crippen LogP contribution is -1.98. The van der Waals surface area contributed by atoms with Crippen LogP contribution in [0.1, 0.15) is 22.6 Å². The number of hydrogen-bond acceptors (Lipinski definition) is 2. The molecule has 2 rings (SSSR count). The number of hydrogen-bond donors (Lipinski definition) is 2. The molecule has 0 fully saturated rings. The van der Waals surface area contributed by atoms with Crippen molar-refractivity contribution >= 4 is 15.9 Å². The van der Waals surface area contributed by atoms with Crippen molar-refractivity contribution in [2.24, 2.45) is 5.73 Å². The summed E-state index contributed by atoms with van der Waals surface area (Å²) in [4.78, 5) is 7.52. The Morgan fingerprint density at radius 3 is 2.53 bits per heavy atom. The second kappa shape index (κ2) is 5.47. The van der Waals surface area contributed by atoms with Crippen molar-refractivity contribution in [3.63, 3.8) is 0 Å². The van der Waals surface area contributed by atoms with Gasteiger partial charge in [-0.2, -0.15) is 0 Å². The highest BCUT2D eigenvalue weighted by atomic mass is 79.9. The largest absolute Gasteiger partial charge is 0.344 e. The predicted molar refractivity (Wildman–Crippen MR) is 72.8 cm³/mol. The van der Waals surface area contributed by atoms with Gasteiger partial charge in [0, 0.05) is 5.69 Å². The maximum absolute atomic E-state index is 5.54. The van der Waals surface area contributed by atoms with Gasteiger partial charge in [-0.25, -0.2) is 4.98 Å². The quantitative estimate of drug-likeness (QED) is 0.911. The van der Waals surface area contributed by atoms with Gasteiger partial charge < -0.3 is 10.7 Å². The van der Waals surface area contributed by atoms with Crippen LogP contribution < -0.4 is 5.73 Å². The van der Waals surface area contributed by atoms with Crippen LogP contribution in [0.3, 0.4) is 0 Å². The topological polar surface area (TPSA) is 54.7 Å². The number of aromatic amines is 1. The van der Waals surface area contributed by atoms with Crippen molar-refractivity contribution in [2.45, 2.75) is 26.3 Å². The van der Waals surface area contributed by atoms with Crippen LogP contribution in [0.25, 0.3) is 0 Å². The zero-order valence-corrected chi connectivity index (χ0v) is 11.4. The monoisotopic (exact) mass is 293 g/mol. The normalized spacial score (nSPS) is 10.8. The zero-order valence-electron chi connectivity index (χ0n) is 9.83. The lowest BCUT2D eigenvalue weighted by molar-refractivity contribution is 0.893. The maximum Gasteiger partial charge on any atom is 0.127 e. The van der Waals surface area contributed by atoms with Gasteiger partial charge in [0.05, 0.1) is 6.54 Å². The molecule has 1 aromatic carbocycles. The Balaban J connectivity index is 2.01. The molecule has 17 heavy (non-hydrogen) atoms. The molecule has 1 heterocycles. The van der Waals surface area contributed by atoms with Crippen LogP contribution in [0.5, 0.6) is 0 Å². The molecule has 0 spiro atoms. The van der Waals surface area contributed by atoms with Crippen molar-refractivity contribution in [1.82, 2.24) is 9.97 Å². The number of H-pyrrole nitrogens is 1. The smallest absolute Gasteiger partial charge is 0.127 e. The first kappa shape index (κ1) is 12.3. The van der Waals surface area contributed by atoms with Gasteiger partial charge in [0.25, 0.3) is 0 Å². The minimum Gasteiger partial charge on any atom is -0.344 e. The van der Waals surface area contributed by atoms with Crippen LogP contribution >= 0.6 is 15.9 Å². The van der Waals surface area contributed by atoms with Gasteiger partial charge in [-0.15, -0.1) is 0 Å². The SMILES string of the molecule is Cc1ccc(CCc2[nH]c(CN)nc2Br)cc1. The molecule has 1 aromatic heterocycles. The molecular formula is C13H16BrN3. The van der Waals surface area contributed by atoms with Crippen LogP contribution in [0, 0.1) is 6.92 Å². The summed E-state index contributed by atoms with van der Waals surface area (Å²) in [7, 11) is 0. The average molecular weight is 294 g/mol. The minimum atomic E-state index is 0.448. The molecule has 0 radical (unpaired) electrons. The Kier molecular flexibility index (Phi) is 3.97. The van der Waals surface area contributed by atoms with Crippen molar-refractivity contribution in [1.29, 1.82) is 0 Å². The van der Waals surface area contributed by atoms with Gasteiger partial charge in [-0.05, 0) is 41.3 Å². The molecule has 0 saturated heterocycles. The van der Waals surface area contributed by atoms with E-state index in [1.54, 1.807) is 0 Å². The molecule has 0 unspecified atom stereocenters. The maximum atomic E-state index is 5.54. The van der Waals surface area contributed by atoms with Gasteiger partial charge in [-0.3, -0.25) is 0 Å². The number of imidazole rings is 1. The summed E-state index contributed by atoms with van der Waals surface area (Å²) in [5.41, 5.74) is 9.29. The van der Waals surface area contributed by atoms with E-state index in [1.807, 2.05) is 0 Å². The Labute approximate surface area is 110 Å². The highest BCUT2D eigenvalue weighted by Gasteiger charge is 2.06. The average Bonchev–Trinajstić information content (AvgIpc) is 2.69. The second-order valence-corrected chi connectivity index (χ2v) is 4.89. The number of nitrogens with zero attached hydrogens (tertiary/aromatic N) is 1. The molecule has 3 nitrogen and oxygen atoms in total. The Hall–Kier alpha value is -1.13. The number of nitrogens with two attached hydrogens (primary N) is 1. The zero-order chi connectivity index (χ0) is 12.3. The Bertz CT molecular complexity index is 488. The Morgan fingerprint density at radius 1 is 1.24 bits per heavy atom. The lowest BCUT2D eigenvalue weighted by Gasteiger charge is -2.01. The summed E-state index contributed by atoms with van der Waals surface area (Å²) in [6.07, 6.45) is 1.95. The van der Waals surface area contributed by atoms with E-state index in [1.165, 1.54) is 11.1 Å². The van der Waals surface area contributed by atoms with Gasteiger partial charge in [0.15, 0.2) is 0 Å². The number of nitrogens with one attached hydrogen (secondary N) is 1. The van der Waals surface area contributed by atoms with E-state index in [2.05, 4.69) is 57.1 Å². The van der Waals surface area contributed by atoms with Gasteiger partial charge in [0.2, 0.25) is 0 Å². The molecule has 0 amide bonds. The molecule has 0 saturated carbocycles. The van der Waals surface area contributed by atoms with Crippen LogP contribution in [0.4, 0.5) is 0 Å². The third-order valence-electron chi connectivity index (χ3n) is 2.75. The summed E-state index contributed by atoms with van der Waals surface area (Å²) < 4.78 is 0.880. The number of aryl methyl sites for hydroxylation is 3. The number of aromatic nitrogens is 2. The lowest BCUT2D eigenvalue weighted by atomic mass is 10.1. The van der Waals surface area contributed by atoms with E-state index < -0.39 is 0 Å². The van der Waals surface area contributed by atoms with E-state index >= 15 is 0 Å². The fourth-order valence-corrected chi connectivity index (χ4v) is 2.24. The summed E-state index contributed by atoms with van der Waals surface area (Å²) in [6, 6.07) is 8.62. The molecule has 3 N–H and O–H groups in total. The highest BCUT2D eigenvalue weighted by molar-refractivity contribution is 9.10. The molecule has 90 valence electrons. The molecule has 0 aliphatic carbocycles. The van der Waals surface area contributed by atoms with Crippen molar-refractivity contribution < 1.29 is 0 Å². The van der Waals surface area contributed by atoms with Crippen LogP contribution in [0.2, 0.25) is 0 Å². The molecule has 0 aliphatic rings. The van der Waals surface area contributed by atoms with Crippen LogP contribution in [0.15, 0.2) is 28.9 Å². The number of halogens is 1. The highest BCUT2D eigenvalue weighted by Crippen LogP contribution is 2.16. The first-order valence-electron chi connectivity index (χ1n) is 5.68.